The van der Waals surface area contributed by atoms with Crippen LogP contribution in [0.1, 0.15) is 49.9 Å². The fourth-order valence-electron chi connectivity index (χ4n) is 3.55. The summed E-state index contributed by atoms with van der Waals surface area (Å²) in [6, 6.07) is 6.16. The average molecular weight is 287 g/mol. The fourth-order valence-corrected chi connectivity index (χ4v) is 3.55. The van der Waals surface area contributed by atoms with Crippen molar-refractivity contribution in [1.82, 2.24) is 5.32 Å². The first-order valence-electron chi connectivity index (χ1n) is 7.97. The van der Waals surface area contributed by atoms with Gasteiger partial charge in [-0.2, -0.15) is 0 Å². The van der Waals surface area contributed by atoms with Crippen LogP contribution >= 0.6 is 0 Å². The van der Waals surface area contributed by atoms with Crippen LogP contribution in [-0.4, -0.2) is 25.0 Å². The zero-order valence-electron chi connectivity index (χ0n) is 13.0. The van der Waals surface area contributed by atoms with Gasteiger partial charge in [-0.15, -0.1) is 0 Å². The second-order valence-corrected chi connectivity index (χ2v) is 7.01. The van der Waals surface area contributed by atoms with E-state index >= 15 is 0 Å². The molecule has 114 valence electrons. The van der Waals surface area contributed by atoms with Crippen molar-refractivity contribution in [1.29, 1.82) is 0 Å². The first-order chi connectivity index (χ1) is 10.1. The lowest BCUT2D eigenvalue weighted by molar-refractivity contribution is 0.0903. The number of benzene rings is 1. The van der Waals surface area contributed by atoms with Crippen LogP contribution in [0.5, 0.6) is 0 Å². The minimum absolute atomic E-state index is 0.0470. The summed E-state index contributed by atoms with van der Waals surface area (Å²) in [5.41, 5.74) is 3.06. The molecule has 0 spiro atoms. The molecule has 3 N–H and O–H groups in total. The van der Waals surface area contributed by atoms with Crippen LogP contribution in [0.4, 0.5) is 11.4 Å². The Kier molecular flexibility index (Phi) is 3.79. The van der Waals surface area contributed by atoms with Gasteiger partial charge >= 0.3 is 0 Å². The van der Waals surface area contributed by atoms with Gasteiger partial charge in [-0.1, -0.05) is 26.3 Å². The monoisotopic (exact) mass is 287 g/mol. The number of carbonyl (C=O) groups is 1. The van der Waals surface area contributed by atoms with Crippen molar-refractivity contribution in [3.8, 4) is 0 Å². The molecule has 1 aliphatic heterocycles. The molecule has 1 saturated carbocycles. The summed E-state index contributed by atoms with van der Waals surface area (Å²) < 4.78 is 0. The molecule has 2 aliphatic rings. The number of nitrogens with one attached hydrogen (secondary N) is 3. The van der Waals surface area contributed by atoms with Gasteiger partial charge in [0.25, 0.3) is 5.91 Å². The summed E-state index contributed by atoms with van der Waals surface area (Å²) in [5, 5.41) is 9.91. The summed E-state index contributed by atoms with van der Waals surface area (Å²) in [4.78, 5) is 12.6. The van der Waals surface area contributed by atoms with Gasteiger partial charge in [0, 0.05) is 19.1 Å². The number of para-hydroxylation sites is 1. The Hall–Kier alpha value is -1.71. The van der Waals surface area contributed by atoms with E-state index in [-0.39, 0.29) is 5.91 Å². The molecule has 4 heteroatoms. The first-order valence-corrected chi connectivity index (χ1v) is 7.97. The Bertz CT molecular complexity index is 539. The predicted octanol–water partition coefficient (Wildman–Crippen LogP) is 3.22. The molecule has 0 radical (unpaired) electrons. The number of carbonyl (C=O) groups excluding carboxylic acids is 1. The largest absolute Gasteiger partial charge is 0.382 e. The molecular weight excluding hydrogens is 262 g/mol. The molecule has 1 amide bonds. The van der Waals surface area contributed by atoms with E-state index in [2.05, 4.69) is 29.8 Å². The SMILES string of the molecule is CC1(C)CCCC(NC(=O)c2cccc3c2NCCN3)C1. The lowest BCUT2D eigenvalue weighted by Gasteiger charge is -2.35. The molecular formula is C17H25N3O. The molecule has 1 aliphatic carbocycles. The van der Waals surface area contributed by atoms with Crippen LogP contribution in [0.2, 0.25) is 0 Å². The number of hydrogen-bond acceptors (Lipinski definition) is 3. The third-order valence-corrected chi connectivity index (χ3v) is 4.59. The van der Waals surface area contributed by atoms with E-state index in [1.165, 1.54) is 12.8 Å². The van der Waals surface area contributed by atoms with Gasteiger partial charge in [-0.25, -0.2) is 0 Å². The van der Waals surface area contributed by atoms with Gasteiger partial charge < -0.3 is 16.0 Å². The number of rotatable bonds is 2. The Morgan fingerprint density at radius 1 is 1.29 bits per heavy atom. The number of amides is 1. The predicted molar refractivity (Wildman–Crippen MR) is 86.9 cm³/mol. The molecule has 3 rings (SSSR count). The molecule has 1 aromatic rings. The third-order valence-electron chi connectivity index (χ3n) is 4.59. The minimum atomic E-state index is 0.0470. The zero-order valence-corrected chi connectivity index (χ0v) is 13.0. The van der Waals surface area contributed by atoms with Crippen LogP contribution in [0.3, 0.4) is 0 Å². The maximum absolute atomic E-state index is 12.6. The van der Waals surface area contributed by atoms with Gasteiger partial charge in [0.1, 0.15) is 0 Å². The highest BCUT2D eigenvalue weighted by Gasteiger charge is 2.29. The van der Waals surface area contributed by atoms with E-state index in [0.717, 1.165) is 42.9 Å². The average Bonchev–Trinajstić information content (AvgIpc) is 2.45. The van der Waals surface area contributed by atoms with Crippen LogP contribution < -0.4 is 16.0 Å². The number of anilines is 2. The molecule has 4 nitrogen and oxygen atoms in total. The molecule has 1 atom stereocenters. The third kappa shape index (κ3) is 3.14. The van der Waals surface area contributed by atoms with Crippen molar-refractivity contribution in [3.63, 3.8) is 0 Å². The first kappa shape index (κ1) is 14.2. The van der Waals surface area contributed by atoms with Crippen molar-refractivity contribution < 1.29 is 4.79 Å². The lowest BCUT2D eigenvalue weighted by atomic mass is 9.75. The van der Waals surface area contributed by atoms with Crippen LogP contribution in [-0.2, 0) is 0 Å². The molecule has 1 unspecified atom stereocenters. The van der Waals surface area contributed by atoms with Gasteiger partial charge in [0.15, 0.2) is 0 Å². The van der Waals surface area contributed by atoms with E-state index in [4.69, 9.17) is 0 Å². The zero-order chi connectivity index (χ0) is 14.9. The van der Waals surface area contributed by atoms with Crippen molar-refractivity contribution in [2.75, 3.05) is 23.7 Å². The Morgan fingerprint density at radius 2 is 2.10 bits per heavy atom. The fraction of sp³-hybridized carbons (Fsp3) is 0.588. The molecule has 1 fully saturated rings. The number of fused-ring (bicyclic) bond motifs is 1. The van der Waals surface area contributed by atoms with Crippen LogP contribution in [0.15, 0.2) is 18.2 Å². The van der Waals surface area contributed by atoms with Crippen molar-refractivity contribution >= 4 is 17.3 Å². The van der Waals surface area contributed by atoms with Gasteiger partial charge in [-0.05, 0) is 36.8 Å². The Labute approximate surface area is 126 Å². The second kappa shape index (κ2) is 5.58. The molecule has 0 aromatic heterocycles. The maximum atomic E-state index is 12.6. The van der Waals surface area contributed by atoms with Gasteiger partial charge in [0.2, 0.25) is 0 Å². The van der Waals surface area contributed by atoms with E-state index < -0.39 is 0 Å². The molecule has 21 heavy (non-hydrogen) atoms. The van der Waals surface area contributed by atoms with Gasteiger partial charge in [-0.3, -0.25) is 4.79 Å². The summed E-state index contributed by atoms with van der Waals surface area (Å²) in [6.07, 6.45) is 4.62. The maximum Gasteiger partial charge on any atom is 0.253 e. The van der Waals surface area contributed by atoms with E-state index in [9.17, 15) is 4.79 Å². The summed E-state index contributed by atoms with van der Waals surface area (Å²) in [7, 11) is 0. The number of hydrogen-bond donors (Lipinski definition) is 3. The van der Waals surface area contributed by atoms with Crippen molar-refractivity contribution in [2.45, 2.75) is 45.6 Å². The molecule has 1 heterocycles. The molecule has 0 bridgehead atoms. The van der Waals surface area contributed by atoms with E-state index in [1.807, 2.05) is 18.2 Å². The lowest BCUT2D eigenvalue weighted by Crippen LogP contribution is -2.41. The highest BCUT2D eigenvalue weighted by Crippen LogP contribution is 2.35. The highest BCUT2D eigenvalue weighted by molar-refractivity contribution is 6.02. The molecule has 0 saturated heterocycles. The minimum Gasteiger partial charge on any atom is -0.382 e. The normalized spacial score (nSPS) is 23.4. The van der Waals surface area contributed by atoms with Gasteiger partial charge in [0.05, 0.1) is 16.9 Å². The summed E-state index contributed by atoms with van der Waals surface area (Å²) in [5.74, 6) is 0.0470. The van der Waals surface area contributed by atoms with Crippen LogP contribution in [0, 0.1) is 5.41 Å². The summed E-state index contributed by atoms with van der Waals surface area (Å²) >= 11 is 0. The second-order valence-electron chi connectivity index (χ2n) is 7.01. The summed E-state index contributed by atoms with van der Waals surface area (Å²) in [6.45, 7) is 6.34. The van der Waals surface area contributed by atoms with E-state index in [0.29, 0.717) is 11.5 Å². The topological polar surface area (TPSA) is 53.2 Å². The quantitative estimate of drug-likeness (QED) is 0.783. The Morgan fingerprint density at radius 3 is 2.90 bits per heavy atom. The Balaban J connectivity index is 1.74. The van der Waals surface area contributed by atoms with Crippen molar-refractivity contribution in [2.24, 2.45) is 5.41 Å². The molecule has 1 aromatic carbocycles. The standard InChI is InChI=1S/C17H25N3O/c1-17(2)8-4-5-12(11-17)20-16(21)13-6-3-7-14-15(13)19-10-9-18-14/h3,6-7,12,18-19H,4-5,8-11H2,1-2H3,(H,20,21). The van der Waals surface area contributed by atoms with Crippen LogP contribution in [0.25, 0.3) is 0 Å². The smallest absolute Gasteiger partial charge is 0.253 e. The van der Waals surface area contributed by atoms with E-state index in [1.54, 1.807) is 0 Å². The van der Waals surface area contributed by atoms with Crippen molar-refractivity contribution in [3.05, 3.63) is 23.8 Å². The highest BCUT2D eigenvalue weighted by atomic mass is 16.1.